The molecule has 0 saturated carbocycles. The van der Waals surface area contributed by atoms with Gasteiger partial charge in [-0.15, -0.1) is 11.3 Å². The van der Waals surface area contributed by atoms with Gasteiger partial charge in [-0.05, 0) is 37.9 Å². The third-order valence-corrected chi connectivity index (χ3v) is 8.13. The normalized spacial score (nSPS) is 23.4. The third-order valence-electron chi connectivity index (χ3n) is 4.53. The Morgan fingerprint density at radius 1 is 1.25 bits per heavy atom. The molecule has 3 rings (SSSR count). The van der Waals surface area contributed by atoms with E-state index in [-0.39, 0.29) is 16.2 Å². The van der Waals surface area contributed by atoms with E-state index in [4.69, 9.17) is 11.6 Å². The predicted octanol–water partition coefficient (Wildman–Crippen LogP) is 1.77. The van der Waals surface area contributed by atoms with Crippen molar-refractivity contribution in [1.29, 1.82) is 0 Å². The molecule has 0 aliphatic carbocycles. The lowest BCUT2D eigenvalue weighted by Crippen LogP contribution is -2.39. The van der Waals surface area contributed by atoms with Crippen molar-refractivity contribution in [2.24, 2.45) is 0 Å². The Labute approximate surface area is 151 Å². The summed E-state index contributed by atoms with van der Waals surface area (Å²) >= 11 is 6.93. The Balaban J connectivity index is 1.61. The zero-order valence-electron chi connectivity index (χ0n) is 13.4. The zero-order chi connectivity index (χ0) is 17.2. The number of sulfonamides is 1. The topological polar surface area (TPSA) is 69.7 Å². The summed E-state index contributed by atoms with van der Waals surface area (Å²) in [7, 11) is -3.52. The van der Waals surface area contributed by atoms with Crippen molar-refractivity contribution in [3.8, 4) is 0 Å². The Hall–Kier alpha value is -0.670. The summed E-state index contributed by atoms with van der Waals surface area (Å²) in [6.45, 7) is 2.81. The Kier molecular flexibility index (Phi) is 5.82. The molecule has 24 heavy (non-hydrogen) atoms. The van der Waals surface area contributed by atoms with E-state index in [0.717, 1.165) is 30.7 Å². The van der Waals surface area contributed by atoms with Crippen molar-refractivity contribution in [3.63, 3.8) is 0 Å². The van der Waals surface area contributed by atoms with Gasteiger partial charge in [0, 0.05) is 38.6 Å². The largest absolute Gasteiger partial charge is 0.341 e. The summed E-state index contributed by atoms with van der Waals surface area (Å²) in [6, 6.07) is 3.41. The molecule has 2 aliphatic rings. The van der Waals surface area contributed by atoms with Crippen LogP contribution in [0.25, 0.3) is 0 Å². The van der Waals surface area contributed by atoms with E-state index in [1.54, 1.807) is 17.0 Å². The number of carbonyl (C=O) groups excluding carboxylic acids is 1. The Morgan fingerprint density at radius 3 is 2.75 bits per heavy atom. The number of hydrogen-bond donors (Lipinski definition) is 1. The first-order valence-corrected chi connectivity index (χ1v) is 10.9. The highest BCUT2D eigenvalue weighted by Crippen LogP contribution is 2.28. The van der Waals surface area contributed by atoms with E-state index in [2.05, 4.69) is 5.32 Å². The second-order valence-electron chi connectivity index (χ2n) is 6.19. The molecule has 1 aromatic rings. The van der Waals surface area contributed by atoms with Crippen molar-refractivity contribution in [2.75, 3.05) is 32.7 Å². The molecule has 0 spiro atoms. The summed E-state index contributed by atoms with van der Waals surface area (Å²) in [6.07, 6.45) is 3.32. The molecule has 0 bridgehead atoms. The first-order valence-electron chi connectivity index (χ1n) is 8.23. The lowest BCUT2D eigenvalue weighted by Gasteiger charge is -2.23. The molecule has 0 radical (unpaired) electrons. The molecule has 3 heterocycles. The minimum absolute atomic E-state index is 0.118. The molecule has 9 heteroatoms. The van der Waals surface area contributed by atoms with Gasteiger partial charge in [-0.3, -0.25) is 4.79 Å². The number of rotatable bonds is 4. The Morgan fingerprint density at radius 2 is 2.08 bits per heavy atom. The van der Waals surface area contributed by atoms with Gasteiger partial charge in [-0.2, -0.15) is 4.31 Å². The second kappa shape index (κ2) is 7.70. The highest BCUT2D eigenvalue weighted by molar-refractivity contribution is 7.91. The predicted molar refractivity (Wildman–Crippen MR) is 94.9 cm³/mol. The first kappa shape index (κ1) is 18.1. The number of carbonyl (C=O) groups is 1. The average Bonchev–Trinajstić information content (AvgIpc) is 3.13. The van der Waals surface area contributed by atoms with E-state index in [9.17, 15) is 13.2 Å². The van der Waals surface area contributed by atoms with Gasteiger partial charge in [0.2, 0.25) is 5.91 Å². The number of hydrogen-bond acceptors (Lipinski definition) is 5. The zero-order valence-corrected chi connectivity index (χ0v) is 15.8. The number of thiophene rings is 1. The van der Waals surface area contributed by atoms with Crippen LogP contribution in [0.5, 0.6) is 0 Å². The number of nitrogens with one attached hydrogen (secondary N) is 1. The standard InChI is InChI=1S/C15H22ClN3O3S2/c16-13-4-5-15(23-13)24(21,22)19-8-2-7-18(9-10-19)14(20)11-12-3-1-6-17-12/h4-5,12,17H,1-3,6-11H2. The third kappa shape index (κ3) is 4.11. The van der Waals surface area contributed by atoms with Crippen LogP contribution in [0.2, 0.25) is 4.34 Å². The summed E-state index contributed by atoms with van der Waals surface area (Å²) in [5, 5.41) is 3.33. The van der Waals surface area contributed by atoms with Crippen LogP contribution in [0.4, 0.5) is 0 Å². The van der Waals surface area contributed by atoms with Crippen LogP contribution in [0.1, 0.15) is 25.7 Å². The molecule has 2 aliphatic heterocycles. The monoisotopic (exact) mass is 391 g/mol. The van der Waals surface area contributed by atoms with Crippen molar-refractivity contribution in [2.45, 2.75) is 35.9 Å². The van der Waals surface area contributed by atoms with Crippen LogP contribution in [0, 0.1) is 0 Å². The maximum atomic E-state index is 12.7. The highest BCUT2D eigenvalue weighted by atomic mass is 35.5. The van der Waals surface area contributed by atoms with Crippen molar-refractivity contribution >= 4 is 38.9 Å². The van der Waals surface area contributed by atoms with Crippen LogP contribution < -0.4 is 5.32 Å². The Bertz CT molecular complexity index is 686. The van der Waals surface area contributed by atoms with E-state index >= 15 is 0 Å². The first-order chi connectivity index (χ1) is 11.5. The van der Waals surface area contributed by atoms with E-state index in [0.29, 0.717) is 43.4 Å². The highest BCUT2D eigenvalue weighted by Gasteiger charge is 2.30. The lowest BCUT2D eigenvalue weighted by molar-refractivity contribution is -0.131. The van der Waals surface area contributed by atoms with Gasteiger partial charge in [-0.1, -0.05) is 11.6 Å². The SMILES string of the molecule is O=C(CC1CCCN1)N1CCCN(S(=O)(=O)c2ccc(Cl)s2)CC1. The lowest BCUT2D eigenvalue weighted by atomic mass is 10.1. The van der Waals surface area contributed by atoms with Crippen molar-refractivity contribution < 1.29 is 13.2 Å². The fourth-order valence-electron chi connectivity index (χ4n) is 3.22. The number of amides is 1. The van der Waals surface area contributed by atoms with Crippen LogP contribution in [-0.2, 0) is 14.8 Å². The fourth-order valence-corrected chi connectivity index (χ4v) is 6.32. The molecule has 1 unspecified atom stereocenters. The van der Waals surface area contributed by atoms with Crippen LogP contribution in [-0.4, -0.2) is 62.3 Å². The molecule has 1 atom stereocenters. The molecular formula is C15H22ClN3O3S2. The van der Waals surface area contributed by atoms with Crippen LogP contribution in [0.15, 0.2) is 16.3 Å². The van der Waals surface area contributed by atoms with E-state index < -0.39 is 10.0 Å². The van der Waals surface area contributed by atoms with Gasteiger partial charge in [0.1, 0.15) is 4.21 Å². The molecule has 1 N–H and O–H groups in total. The molecule has 1 aromatic heterocycles. The summed E-state index contributed by atoms with van der Waals surface area (Å²) in [5.74, 6) is 0.118. The summed E-state index contributed by atoms with van der Waals surface area (Å²) < 4.78 is 27.5. The molecule has 1 amide bonds. The average molecular weight is 392 g/mol. The molecule has 2 saturated heterocycles. The maximum Gasteiger partial charge on any atom is 0.252 e. The summed E-state index contributed by atoms with van der Waals surface area (Å²) in [5.41, 5.74) is 0. The molecule has 2 fully saturated rings. The molecule has 134 valence electrons. The van der Waals surface area contributed by atoms with Crippen LogP contribution >= 0.6 is 22.9 Å². The fraction of sp³-hybridized carbons (Fsp3) is 0.667. The van der Waals surface area contributed by atoms with Crippen molar-refractivity contribution in [1.82, 2.24) is 14.5 Å². The minimum Gasteiger partial charge on any atom is -0.341 e. The van der Waals surface area contributed by atoms with E-state index in [1.807, 2.05) is 0 Å². The van der Waals surface area contributed by atoms with Gasteiger partial charge in [0.15, 0.2) is 0 Å². The van der Waals surface area contributed by atoms with E-state index in [1.165, 1.54) is 4.31 Å². The van der Waals surface area contributed by atoms with Crippen LogP contribution in [0.3, 0.4) is 0 Å². The smallest absolute Gasteiger partial charge is 0.252 e. The quantitative estimate of drug-likeness (QED) is 0.849. The molecule has 0 aromatic carbocycles. The summed E-state index contributed by atoms with van der Waals surface area (Å²) in [4.78, 5) is 14.2. The molecular weight excluding hydrogens is 370 g/mol. The number of nitrogens with zero attached hydrogens (tertiary/aromatic N) is 2. The molecule has 6 nitrogen and oxygen atoms in total. The van der Waals surface area contributed by atoms with Gasteiger partial charge >= 0.3 is 0 Å². The van der Waals surface area contributed by atoms with Crippen molar-refractivity contribution in [3.05, 3.63) is 16.5 Å². The minimum atomic E-state index is -3.52. The van der Waals surface area contributed by atoms with Gasteiger partial charge in [0.25, 0.3) is 10.0 Å². The maximum absolute atomic E-state index is 12.7. The second-order valence-corrected chi connectivity index (χ2v) is 10.1. The van der Waals surface area contributed by atoms with Gasteiger partial charge in [-0.25, -0.2) is 8.42 Å². The number of halogens is 1. The van der Waals surface area contributed by atoms with Gasteiger partial charge in [0.05, 0.1) is 4.34 Å². The van der Waals surface area contributed by atoms with Gasteiger partial charge < -0.3 is 10.2 Å².